The molecule has 0 unspecified atom stereocenters. The minimum absolute atomic E-state index is 0.0726. The molecule has 1 amide bonds. The van der Waals surface area contributed by atoms with Crippen LogP contribution in [0.3, 0.4) is 0 Å². The van der Waals surface area contributed by atoms with Gasteiger partial charge in [0.15, 0.2) is 0 Å². The van der Waals surface area contributed by atoms with E-state index in [-0.39, 0.29) is 5.91 Å². The molecule has 20 heavy (non-hydrogen) atoms. The van der Waals surface area contributed by atoms with Gasteiger partial charge in [0.25, 0.3) is 0 Å². The lowest BCUT2D eigenvalue weighted by atomic mass is 10.2. The summed E-state index contributed by atoms with van der Waals surface area (Å²) in [5.41, 5.74) is 3.26. The fraction of sp³-hybridized carbons (Fsp3) is 0.467. The van der Waals surface area contributed by atoms with E-state index in [1.54, 1.807) is 38.6 Å². The molecule has 0 spiro atoms. The monoisotopic (exact) mass is 278 g/mol. The highest BCUT2D eigenvalue weighted by atomic mass is 16.5. The molecule has 1 aromatic carbocycles. The standard InChI is InChI=1S/C15H22N2O3/c1-4-5-6-7-15(18)17-16-11-12-10-13(19-2)8-9-14(12)20-3/h8-11H,4-7H2,1-3H3,(H,17,18). The second kappa shape index (κ2) is 8.96. The quantitative estimate of drug-likeness (QED) is 0.452. The maximum Gasteiger partial charge on any atom is 0.240 e. The third-order valence-electron chi connectivity index (χ3n) is 2.84. The fourth-order valence-corrected chi connectivity index (χ4v) is 1.71. The molecular formula is C15H22N2O3. The molecule has 0 aliphatic rings. The first-order valence-electron chi connectivity index (χ1n) is 6.75. The number of rotatable bonds is 8. The van der Waals surface area contributed by atoms with Gasteiger partial charge in [0, 0.05) is 12.0 Å². The second-order valence-corrected chi connectivity index (χ2v) is 4.36. The number of ether oxygens (including phenoxy) is 2. The maximum absolute atomic E-state index is 11.5. The Labute approximate surface area is 120 Å². The number of carbonyl (C=O) groups excluding carboxylic acids is 1. The van der Waals surface area contributed by atoms with Crippen molar-refractivity contribution < 1.29 is 14.3 Å². The van der Waals surface area contributed by atoms with Gasteiger partial charge in [0.2, 0.25) is 5.91 Å². The van der Waals surface area contributed by atoms with Gasteiger partial charge in [-0.05, 0) is 24.6 Å². The molecule has 0 heterocycles. The minimum Gasteiger partial charge on any atom is -0.497 e. The predicted molar refractivity (Wildman–Crippen MR) is 79.4 cm³/mol. The Morgan fingerprint density at radius 1 is 1.30 bits per heavy atom. The van der Waals surface area contributed by atoms with E-state index in [4.69, 9.17) is 9.47 Å². The molecule has 1 aromatic rings. The normalized spacial score (nSPS) is 10.6. The minimum atomic E-state index is -0.0726. The smallest absolute Gasteiger partial charge is 0.240 e. The molecule has 0 fully saturated rings. The zero-order valence-corrected chi connectivity index (χ0v) is 12.3. The molecular weight excluding hydrogens is 256 g/mol. The summed E-state index contributed by atoms with van der Waals surface area (Å²) in [6, 6.07) is 5.40. The Hall–Kier alpha value is -2.04. The summed E-state index contributed by atoms with van der Waals surface area (Å²) < 4.78 is 10.4. The summed E-state index contributed by atoms with van der Waals surface area (Å²) in [5.74, 6) is 1.31. The maximum atomic E-state index is 11.5. The number of amides is 1. The highest BCUT2D eigenvalue weighted by Crippen LogP contribution is 2.22. The summed E-state index contributed by atoms with van der Waals surface area (Å²) in [4.78, 5) is 11.5. The number of nitrogens with zero attached hydrogens (tertiary/aromatic N) is 1. The average Bonchev–Trinajstić information content (AvgIpc) is 2.47. The Morgan fingerprint density at radius 3 is 2.75 bits per heavy atom. The van der Waals surface area contributed by atoms with Crippen LogP contribution < -0.4 is 14.9 Å². The van der Waals surface area contributed by atoms with Gasteiger partial charge in [-0.2, -0.15) is 5.10 Å². The summed E-state index contributed by atoms with van der Waals surface area (Å²) in [6.07, 6.45) is 5.10. The lowest BCUT2D eigenvalue weighted by Gasteiger charge is -2.06. The third-order valence-corrected chi connectivity index (χ3v) is 2.84. The molecule has 1 rings (SSSR count). The third kappa shape index (κ3) is 5.30. The van der Waals surface area contributed by atoms with Crippen molar-refractivity contribution in [1.29, 1.82) is 0 Å². The summed E-state index contributed by atoms with van der Waals surface area (Å²) in [6.45, 7) is 2.10. The number of nitrogens with one attached hydrogen (secondary N) is 1. The number of carbonyl (C=O) groups is 1. The molecule has 1 N–H and O–H groups in total. The molecule has 0 atom stereocenters. The lowest BCUT2D eigenvalue weighted by Crippen LogP contribution is -2.16. The van der Waals surface area contributed by atoms with Crippen molar-refractivity contribution in [2.24, 2.45) is 5.10 Å². The Kier molecular flexibility index (Phi) is 7.17. The van der Waals surface area contributed by atoms with Crippen LogP contribution in [0.2, 0.25) is 0 Å². The molecule has 5 heteroatoms. The van der Waals surface area contributed by atoms with E-state index in [1.165, 1.54) is 0 Å². The van der Waals surface area contributed by atoms with Crippen LogP contribution in [-0.2, 0) is 4.79 Å². The first kappa shape index (κ1) is 16.0. The van der Waals surface area contributed by atoms with Gasteiger partial charge >= 0.3 is 0 Å². The molecule has 0 radical (unpaired) electrons. The van der Waals surface area contributed by atoms with Crippen molar-refractivity contribution >= 4 is 12.1 Å². The number of hydrazone groups is 1. The zero-order valence-electron chi connectivity index (χ0n) is 12.3. The number of hydrogen-bond donors (Lipinski definition) is 1. The van der Waals surface area contributed by atoms with Crippen LogP contribution in [0.1, 0.15) is 38.2 Å². The van der Waals surface area contributed by atoms with Crippen LogP contribution in [0.25, 0.3) is 0 Å². The van der Waals surface area contributed by atoms with Crippen LogP contribution in [0, 0.1) is 0 Å². The lowest BCUT2D eigenvalue weighted by molar-refractivity contribution is -0.121. The van der Waals surface area contributed by atoms with Gasteiger partial charge in [0.1, 0.15) is 11.5 Å². The first-order valence-corrected chi connectivity index (χ1v) is 6.75. The molecule has 5 nitrogen and oxygen atoms in total. The number of methoxy groups -OCH3 is 2. The predicted octanol–water partition coefficient (Wildman–Crippen LogP) is 2.73. The first-order chi connectivity index (χ1) is 9.71. The van der Waals surface area contributed by atoms with E-state index in [2.05, 4.69) is 17.5 Å². The Bertz CT molecular complexity index is 458. The SMILES string of the molecule is CCCCCC(=O)NN=Cc1cc(OC)ccc1OC. The van der Waals surface area contributed by atoms with Crippen LogP contribution in [0.5, 0.6) is 11.5 Å². The zero-order chi connectivity index (χ0) is 14.8. The van der Waals surface area contributed by atoms with Crippen LogP contribution in [0.15, 0.2) is 23.3 Å². The molecule has 0 aromatic heterocycles. The number of benzene rings is 1. The highest BCUT2D eigenvalue weighted by Gasteiger charge is 2.03. The topological polar surface area (TPSA) is 59.9 Å². The van der Waals surface area contributed by atoms with Crippen molar-refractivity contribution in [2.45, 2.75) is 32.6 Å². The Balaban J connectivity index is 2.58. The average molecular weight is 278 g/mol. The van der Waals surface area contributed by atoms with Gasteiger partial charge in [0.05, 0.1) is 20.4 Å². The van der Waals surface area contributed by atoms with Crippen molar-refractivity contribution in [1.82, 2.24) is 5.43 Å². The molecule has 0 bridgehead atoms. The summed E-state index contributed by atoms with van der Waals surface area (Å²) in [7, 11) is 3.18. The highest BCUT2D eigenvalue weighted by molar-refractivity contribution is 5.85. The van der Waals surface area contributed by atoms with Crippen LogP contribution >= 0.6 is 0 Å². The fourth-order valence-electron chi connectivity index (χ4n) is 1.71. The van der Waals surface area contributed by atoms with Crippen LogP contribution in [-0.4, -0.2) is 26.3 Å². The van der Waals surface area contributed by atoms with E-state index in [0.29, 0.717) is 17.9 Å². The van der Waals surface area contributed by atoms with Gasteiger partial charge in [-0.3, -0.25) is 4.79 Å². The van der Waals surface area contributed by atoms with Crippen LogP contribution in [0.4, 0.5) is 0 Å². The molecule has 0 aliphatic heterocycles. The van der Waals surface area contributed by atoms with Gasteiger partial charge in [-0.15, -0.1) is 0 Å². The van der Waals surface area contributed by atoms with E-state index in [9.17, 15) is 4.79 Å². The summed E-state index contributed by atoms with van der Waals surface area (Å²) >= 11 is 0. The van der Waals surface area contributed by atoms with Crippen molar-refractivity contribution in [3.63, 3.8) is 0 Å². The van der Waals surface area contributed by atoms with E-state index < -0.39 is 0 Å². The summed E-state index contributed by atoms with van der Waals surface area (Å²) in [5, 5.41) is 3.94. The molecule has 110 valence electrons. The largest absolute Gasteiger partial charge is 0.497 e. The van der Waals surface area contributed by atoms with Crippen molar-refractivity contribution in [2.75, 3.05) is 14.2 Å². The number of unbranched alkanes of at least 4 members (excludes halogenated alkanes) is 2. The van der Waals surface area contributed by atoms with Crippen molar-refractivity contribution in [3.8, 4) is 11.5 Å². The van der Waals surface area contributed by atoms with Crippen molar-refractivity contribution in [3.05, 3.63) is 23.8 Å². The number of hydrogen-bond acceptors (Lipinski definition) is 4. The second-order valence-electron chi connectivity index (χ2n) is 4.36. The molecule has 0 saturated heterocycles. The van der Waals surface area contributed by atoms with E-state index in [0.717, 1.165) is 24.8 Å². The Morgan fingerprint density at radius 2 is 2.10 bits per heavy atom. The molecule has 0 saturated carbocycles. The van der Waals surface area contributed by atoms with Gasteiger partial charge in [-0.25, -0.2) is 5.43 Å². The van der Waals surface area contributed by atoms with Gasteiger partial charge in [-0.1, -0.05) is 19.8 Å². The van der Waals surface area contributed by atoms with Gasteiger partial charge < -0.3 is 9.47 Å². The van der Waals surface area contributed by atoms with E-state index in [1.807, 2.05) is 0 Å². The molecule has 0 aliphatic carbocycles. The van der Waals surface area contributed by atoms with E-state index >= 15 is 0 Å².